The molecule has 0 saturated heterocycles. The summed E-state index contributed by atoms with van der Waals surface area (Å²) >= 11 is 5.80. The number of hydrogen-bond donors (Lipinski definition) is 1. The molecule has 23 heavy (non-hydrogen) atoms. The second kappa shape index (κ2) is 8.19. The molecule has 0 fully saturated rings. The summed E-state index contributed by atoms with van der Waals surface area (Å²) in [5.41, 5.74) is 7.68. The number of aryl methyl sites for hydroxylation is 1. The van der Waals surface area contributed by atoms with Gasteiger partial charge in [0.15, 0.2) is 6.61 Å². The van der Waals surface area contributed by atoms with Crippen molar-refractivity contribution >= 4 is 23.4 Å². The van der Waals surface area contributed by atoms with Crippen molar-refractivity contribution in [3.05, 3.63) is 64.7 Å². The van der Waals surface area contributed by atoms with E-state index in [1.807, 2.05) is 37.3 Å². The summed E-state index contributed by atoms with van der Waals surface area (Å²) in [6.45, 7) is 1.70. The number of oxime groups is 1. The van der Waals surface area contributed by atoms with E-state index in [4.69, 9.17) is 26.9 Å². The average Bonchev–Trinajstić information content (AvgIpc) is 2.53. The quantitative estimate of drug-likeness (QED) is 0.382. The van der Waals surface area contributed by atoms with Crippen LogP contribution in [-0.4, -0.2) is 18.4 Å². The maximum absolute atomic E-state index is 11.6. The fourth-order valence-corrected chi connectivity index (χ4v) is 1.95. The maximum Gasteiger partial charge on any atom is 0.372 e. The normalized spacial score (nSPS) is 11.1. The number of ether oxygens (including phenoxy) is 1. The monoisotopic (exact) mass is 332 g/mol. The second-order valence-corrected chi connectivity index (χ2v) is 5.39. The minimum atomic E-state index is -0.620. The van der Waals surface area contributed by atoms with Crippen molar-refractivity contribution in [1.82, 2.24) is 0 Å². The first-order valence-corrected chi connectivity index (χ1v) is 7.37. The first-order valence-electron chi connectivity index (χ1n) is 6.99. The lowest BCUT2D eigenvalue weighted by molar-refractivity contribution is -0.146. The van der Waals surface area contributed by atoms with E-state index in [1.165, 1.54) is 0 Å². The van der Waals surface area contributed by atoms with Crippen LogP contribution in [0.3, 0.4) is 0 Å². The van der Waals surface area contributed by atoms with E-state index in [1.54, 1.807) is 18.2 Å². The number of nitrogens with two attached hydrogens (primary N) is 1. The fraction of sp³-hybridized carbons (Fsp3) is 0.176. The van der Waals surface area contributed by atoms with Crippen molar-refractivity contribution in [2.45, 2.75) is 13.3 Å². The Labute approximate surface area is 139 Å². The van der Waals surface area contributed by atoms with E-state index in [9.17, 15) is 4.79 Å². The molecule has 5 nitrogen and oxygen atoms in total. The number of nitrogens with zero attached hydrogens (tertiary/aromatic N) is 1. The standard InChI is InChI=1S/C17H17ClN2O3/c1-12-3-2-4-15(9-12)22-11-17(21)23-20-16(19)10-13-5-7-14(18)8-6-13/h2-9H,10-11H2,1H3,(H2,19,20). The van der Waals surface area contributed by atoms with Gasteiger partial charge in [-0.3, -0.25) is 0 Å². The molecule has 0 atom stereocenters. The van der Waals surface area contributed by atoms with Crippen molar-refractivity contribution in [2.24, 2.45) is 10.9 Å². The van der Waals surface area contributed by atoms with E-state index >= 15 is 0 Å². The van der Waals surface area contributed by atoms with E-state index in [2.05, 4.69) is 5.16 Å². The highest BCUT2D eigenvalue weighted by Crippen LogP contribution is 2.12. The zero-order valence-electron chi connectivity index (χ0n) is 12.7. The third-order valence-electron chi connectivity index (χ3n) is 2.91. The molecule has 2 aromatic carbocycles. The molecule has 0 amide bonds. The minimum absolute atomic E-state index is 0.191. The summed E-state index contributed by atoms with van der Waals surface area (Å²) in [5, 5.41) is 4.25. The Morgan fingerprint density at radius 1 is 1.22 bits per heavy atom. The smallest absolute Gasteiger partial charge is 0.372 e. The van der Waals surface area contributed by atoms with Gasteiger partial charge in [-0.25, -0.2) is 4.79 Å². The second-order valence-electron chi connectivity index (χ2n) is 4.95. The zero-order chi connectivity index (χ0) is 16.7. The lowest BCUT2D eigenvalue weighted by Gasteiger charge is -2.05. The van der Waals surface area contributed by atoms with Crippen LogP contribution in [0.4, 0.5) is 0 Å². The number of hydrogen-bond acceptors (Lipinski definition) is 4. The summed E-state index contributed by atoms with van der Waals surface area (Å²) in [4.78, 5) is 16.3. The summed E-state index contributed by atoms with van der Waals surface area (Å²) in [6.07, 6.45) is 0.364. The van der Waals surface area contributed by atoms with Crippen molar-refractivity contribution in [3.8, 4) is 5.75 Å². The van der Waals surface area contributed by atoms with Gasteiger partial charge in [-0.1, -0.05) is 41.0 Å². The number of halogens is 1. The molecule has 0 aliphatic heterocycles. The van der Waals surface area contributed by atoms with E-state index in [0.717, 1.165) is 11.1 Å². The molecular weight excluding hydrogens is 316 g/mol. The van der Waals surface area contributed by atoms with Crippen LogP contribution < -0.4 is 10.5 Å². The lowest BCUT2D eigenvalue weighted by Crippen LogP contribution is -2.18. The van der Waals surface area contributed by atoms with Gasteiger partial charge in [0, 0.05) is 11.4 Å². The van der Waals surface area contributed by atoms with Crippen LogP contribution >= 0.6 is 11.6 Å². The van der Waals surface area contributed by atoms with Crippen LogP contribution in [0.25, 0.3) is 0 Å². The van der Waals surface area contributed by atoms with Crippen molar-refractivity contribution in [1.29, 1.82) is 0 Å². The van der Waals surface area contributed by atoms with Crippen LogP contribution in [0.5, 0.6) is 5.75 Å². The molecule has 0 saturated carbocycles. The van der Waals surface area contributed by atoms with Crippen LogP contribution in [-0.2, 0) is 16.1 Å². The van der Waals surface area contributed by atoms with Gasteiger partial charge in [0.1, 0.15) is 11.6 Å². The molecule has 0 aromatic heterocycles. The predicted molar refractivity (Wildman–Crippen MR) is 89.5 cm³/mol. The summed E-state index contributed by atoms with van der Waals surface area (Å²) in [5.74, 6) is 0.168. The van der Waals surface area contributed by atoms with Crippen LogP contribution in [0.2, 0.25) is 5.02 Å². The van der Waals surface area contributed by atoms with Crippen LogP contribution in [0.1, 0.15) is 11.1 Å². The SMILES string of the molecule is Cc1cccc(OCC(=O)O/N=C(/N)Cc2ccc(Cl)cc2)c1. The average molecular weight is 333 g/mol. The number of amidine groups is 1. The maximum atomic E-state index is 11.6. The Morgan fingerprint density at radius 2 is 1.96 bits per heavy atom. The van der Waals surface area contributed by atoms with Crippen molar-refractivity contribution in [2.75, 3.05) is 6.61 Å². The Kier molecular flexibility index (Phi) is 6.00. The van der Waals surface area contributed by atoms with Crippen LogP contribution in [0, 0.1) is 6.92 Å². The Bertz CT molecular complexity index is 699. The number of carbonyl (C=O) groups is 1. The number of benzene rings is 2. The Hall–Kier alpha value is -2.53. The third kappa shape index (κ3) is 6.00. The molecule has 0 aliphatic carbocycles. The van der Waals surface area contributed by atoms with Crippen LogP contribution in [0.15, 0.2) is 53.7 Å². The summed E-state index contributed by atoms with van der Waals surface area (Å²) in [7, 11) is 0. The number of carbonyl (C=O) groups excluding carboxylic acids is 1. The highest BCUT2D eigenvalue weighted by Gasteiger charge is 2.05. The molecule has 2 N–H and O–H groups in total. The molecule has 2 aromatic rings. The third-order valence-corrected chi connectivity index (χ3v) is 3.16. The van der Waals surface area contributed by atoms with Gasteiger partial charge >= 0.3 is 5.97 Å². The molecule has 0 radical (unpaired) electrons. The van der Waals surface area contributed by atoms with Gasteiger partial charge < -0.3 is 15.3 Å². The first-order chi connectivity index (χ1) is 11.0. The molecule has 0 bridgehead atoms. The Morgan fingerprint density at radius 3 is 2.65 bits per heavy atom. The van der Waals surface area contributed by atoms with Gasteiger partial charge in [0.05, 0.1) is 0 Å². The minimum Gasteiger partial charge on any atom is -0.482 e. The molecule has 0 heterocycles. The fourth-order valence-electron chi connectivity index (χ4n) is 1.83. The van der Waals surface area contributed by atoms with E-state index in [0.29, 0.717) is 17.2 Å². The van der Waals surface area contributed by atoms with Gasteiger partial charge in [-0.05, 0) is 42.3 Å². The lowest BCUT2D eigenvalue weighted by atomic mass is 10.1. The summed E-state index contributed by atoms with van der Waals surface area (Å²) in [6, 6.07) is 14.5. The summed E-state index contributed by atoms with van der Waals surface area (Å²) < 4.78 is 5.31. The van der Waals surface area contributed by atoms with Crippen molar-refractivity contribution in [3.63, 3.8) is 0 Å². The predicted octanol–water partition coefficient (Wildman–Crippen LogP) is 3.09. The molecular formula is C17H17ClN2O3. The first kappa shape index (κ1) is 16.8. The van der Waals surface area contributed by atoms with Gasteiger partial charge in [0.2, 0.25) is 0 Å². The van der Waals surface area contributed by atoms with E-state index in [-0.39, 0.29) is 12.4 Å². The molecule has 6 heteroatoms. The highest BCUT2D eigenvalue weighted by atomic mass is 35.5. The molecule has 2 rings (SSSR count). The number of rotatable bonds is 6. The van der Waals surface area contributed by atoms with Crippen molar-refractivity contribution < 1.29 is 14.4 Å². The Balaban J connectivity index is 1.79. The highest BCUT2D eigenvalue weighted by molar-refractivity contribution is 6.30. The van der Waals surface area contributed by atoms with Gasteiger partial charge in [-0.2, -0.15) is 0 Å². The molecule has 120 valence electrons. The van der Waals surface area contributed by atoms with E-state index < -0.39 is 5.97 Å². The molecule has 0 spiro atoms. The molecule has 0 aliphatic rings. The van der Waals surface area contributed by atoms with Gasteiger partial charge in [0.25, 0.3) is 0 Å². The topological polar surface area (TPSA) is 73.9 Å². The largest absolute Gasteiger partial charge is 0.482 e. The molecule has 0 unspecified atom stereocenters. The van der Waals surface area contributed by atoms with Gasteiger partial charge in [-0.15, -0.1) is 0 Å². The zero-order valence-corrected chi connectivity index (χ0v) is 13.4.